The molecule has 1 saturated heterocycles. The summed E-state index contributed by atoms with van der Waals surface area (Å²) in [6.45, 7) is 18.7. The van der Waals surface area contributed by atoms with Crippen molar-refractivity contribution in [2.24, 2.45) is 33.3 Å². The quantitative estimate of drug-likeness (QED) is 0.201. The van der Waals surface area contributed by atoms with E-state index in [0.29, 0.717) is 18.4 Å². The molecule has 0 saturated carbocycles. The van der Waals surface area contributed by atoms with Crippen LogP contribution in [0.4, 0.5) is 0 Å². The molecule has 0 amide bonds. The lowest BCUT2D eigenvalue weighted by Crippen LogP contribution is -2.36. The predicted molar refractivity (Wildman–Crippen MR) is 181 cm³/mol. The molecule has 2 aromatic carbocycles. The number of hydrogen-bond acceptors (Lipinski definition) is 5. The van der Waals surface area contributed by atoms with Crippen molar-refractivity contribution in [3.8, 4) is 11.1 Å². The van der Waals surface area contributed by atoms with Crippen LogP contribution in [0.5, 0.6) is 0 Å². The summed E-state index contributed by atoms with van der Waals surface area (Å²) in [6, 6.07) is 19.2. The van der Waals surface area contributed by atoms with E-state index in [1.54, 1.807) is 6.08 Å². The Labute approximate surface area is 247 Å². The number of nitrogens with zero attached hydrogens (tertiary/aromatic N) is 3. The molecule has 1 aliphatic rings. The number of allylic oxidation sites excluding steroid dienone is 2. The maximum absolute atomic E-state index is 6.16. The number of nitrogens with one attached hydrogen (secondary N) is 1. The van der Waals surface area contributed by atoms with E-state index in [4.69, 9.17) is 16.5 Å². The molecule has 1 aromatic heterocycles. The standard InChI is InChI=1S/C26H32N4.C6H11N.C3H7N/c1-18(2)25(29-24(17-27)20-12-14-30(3)15-13-20)23-16-21-10-7-11-22(26(21)28-23)19-8-5-4-6-9-19;1-4-6(2)5-7-3;1-2-3-4/h4-11,16,20,28H,12-15,17,27H2,1-3H3;4,6H,1,3,5H2,2H3;2-3H,4H2,1H3/b;;3-2-. The molecule has 0 radical (unpaired) electrons. The van der Waals surface area contributed by atoms with Crippen LogP contribution in [-0.2, 0) is 0 Å². The average molecular weight is 555 g/mol. The smallest absolute Gasteiger partial charge is 0.0851 e. The van der Waals surface area contributed by atoms with Crippen molar-refractivity contribution in [2.75, 3.05) is 33.2 Å². The Bertz CT molecular complexity index is 1300. The molecule has 3 aromatic rings. The maximum atomic E-state index is 6.16. The Hall–Kier alpha value is -3.74. The fraction of sp³-hybridized carbons (Fsp3) is 0.371. The van der Waals surface area contributed by atoms with Gasteiger partial charge in [0.15, 0.2) is 0 Å². The summed E-state index contributed by atoms with van der Waals surface area (Å²) in [5.74, 6) is 0.960. The highest BCUT2D eigenvalue weighted by Gasteiger charge is 2.22. The number of hydrogen-bond donors (Lipinski definition) is 3. The van der Waals surface area contributed by atoms with Crippen molar-refractivity contribution in [1.29, 1.82) is 0 Å². The Kier molecular flexibility index (Phi) is 14.6. The molecule has 1 fully saturated rings. The number of H-pyrrole nitrogens is 1. The van der Waals surface area contributed by atoms with Crippen LogP contribution in [0.15, 0.2) is 95.1 Å². The SMILES string of the molecule is C/C=C\N.C=CC(C)CN=C.CC(C)=C(N=C(CN)C1CCN(C)CC1)c1cc2cccc(-c3ccccc3)c2[nH]1. The minimum atomic E-state index is 0.477. The van der Waals surface area contributed by atoms with E-state index in [0.717, 1.165) is 55.1 Å². The lowest BCUT2D eigenvalue weighted by atomic mass is 9.92. The highest BCUT2D eigenvalue weighted by molar-refractivity contribution is 5.98. The number of fused-ring (bicyclic) bond motifs is 1. The minimum absolute atomic E-state index is 0.477. The summed E-state index contributed by atoms with van der Waals surface area (Å²) in [6.07, 6.45) is 7.41. The lowest BCUT2D eigenvalue weighted by Gasteiger charge is -2.29. The van der Waals surface area contributed by atoms with Crippen LogP contribution in [0.25, 0.3) is 27.7 Å². The summed E-state index contributed by atoms with van der Waals surface area (Å²) >= 11 is 0. The van der Waals surface area contributed by atoms with E-state index < -0.39 is 0 Å². The number of aromatic amines is 1. The van der Waals surface area contributed by atoms with Gasteiger partial charge in [-0.3, -0.25) is 4.99 Å². The third-order valence-corrected chi connectivity index (χ3v) is 7.14. The highest BCUT2D eigenvalue weighted by atomic mass is 15.1. The monoisotopic (exact) mass is 554 g/mol. The van der Waals surface area contributed by atoms with Crippen molar-refractivity contribution in [1.82, 2.24) is 9.88 Å². The molecule has 5 N–H and O–H groups in total. The van der Waals surface area contributed by atoms with E-state index in [1.165, 1.54) is 28.3 Å². The van der Waals surface area contributed by atoms with Gasteiger partial charge in [0.1, 0.15) is 0 Å². The molecular formula is C35H50N6. The van der Waals surface area contributed by atoms with E-state index in [9.17, 15) is 0 Å². The van der Waals surface area contributed by atoms with Crippen LogP contribution in [0.3, 0.4) is 0 Å². The number of para-hydroxylation sites is 1. The van der Waals surface area contributed by atoms with Gasteiger partial charge in [-0.05, 0) is 89.8 Å². The fourth-order valence-corrected chi connectivity index (χ4v) is 4.65. The largest absolute Gasteiger partial charge is 0.405 e. The predicted octanol–water partition coefficient (Wildman–Crippen LogP) is 7.32. The molecule has 2 heterocycles. The lowest BCUT2D eigenvalue weighted by molar-refractivity contribution is 0.251. The van der Waals surface area contributed by atoms with Crippen LogP contribution in [-0.4, -0.2) is 55.5 Å². The van der Waals surface area contributed by atoms with Gasteiger partial charge in [-0.25, -0.2) is 0 Å². The number of rotatable bonds is 8. The van der Waals surface area contributed by atoms with E-state index >= 15 is 0 Å². The van der Waals surface area contributed by atoms with Gasteiger partial charge in [0, 0.05) is 35.7 Å². The third kappa shape index (κ3) is 10.3. The molecule has 1 unspecified atom stereocenters. The van der Waals surface area contributed by atoms with E-state index in [-0.39, 0.29) is 0 Å². The first kappa shape index (κ1) is 33.5. The first-order valence-corrected chi connectivity index (χ1v) is 14.5. The van der Waals surface area contributed by atoms with Gasteiger partial charge in [-0.2, -0.15) is 0 Å². The number of aromatic nitrogens is 1. The molecule has 41 heavy (non-hydrogen) atoms. The van der Waals surface area contributed by atoms with E-state index in [2.05, 4.69) is 111 Å². The number of nitrogens with two attached hydrogens (primary N) is 2. The number of aliphatic imine (C=N–C) groups is 2. The summed E-state index contributed by atoms with van der Waals surface area (Å²) in [7, 11) is 2.19. The summed E-state index contributed by atoms with van der Waals surface area (Å²) in [5.41, 5.74) is 19.0. The Balaban J connectivity index is 0.000000456. The zero-order chi connectivity index (χ0) is 30.2. The Morgan fingerprint density at radius 2 is 1.78 bits per heavy atom. The maximum Gasteiger partial charge on any atom is 0.0851 e. The van der Waals surface area contributed by atoms with Crippen LogP contribution in [0, 0.1) is 11.8 Å². The summed E-state index contributed by atoms with van der Waals surface area (Å²) < 4.78 is 0. The van der Waals surface area contributed by atoms with Gasteiger partial charge in [-0.15, -0.1) is 6.58 Å². The fourth-order valence-electron chi connectivity index (χ4n) is 4.65. The van der Waals surface area contributed by atoms with Crippen molar-refractivity contribution >= 4 is 29.0 Å². The van der Waals surface area contributed by atoms with Gasteiger partial charge in [0.2, 0.25) is 0 Å². The van der Waals surface area contributed by atoms with Crippen molar-refractivity contribution < 1.29 is 0 Å². The molecule has 1 atom stereocenters. The van der Waals surface area contributed by atoms with Crippen molar-refractivity contribution in [2.45, 2.75) is 40.5 Å². The number of piperidine rings is 1. The molecule has 1 aliphatic heterocycles. The van der Waals surface area contributed by atoms with Crippen molar-refractivity contribution in [3.05, 3.63) is 90.8 Å². The molecule has 0 bridgehead atoms. The molecule has 6 heteroatoms. The summed E-state index contributed by atoms with van der Waals surface area (Å²) in [4.78, 5) is 14.9. The first-order valence-electron chi connectivity index (χ1n) is 14.5. The molecule has 0 spiro atoms. The molecular weight excluding hydrogens is 504 g/mol. The average Bonchev–Trinajstić information content (AvgIpc) is 3.43. The Morgan fingerprint density at radius 1 is 1.12 bits per heavy atom. The molecule has 220 valence electrons. The second-order valence-corrected chi connectivity index (χ2v) is 10.7. The molecule has 0 aliphatic carbocycles. The zero-order valence-electron chi connectivity index (χ0n) is 25.7. The number of likely N-dealkylation sites (tertiary alicyclic amines) is 1. The van der Waals surface area contributed by atoms with Crippen LogP contribution in [0.2, 0.25) is 0 Å². The van der Waals surface area contributed by atoms with Gasteiger partial charge in [0.05, 0.1) is 16.9 Å². The van der Waals surface area contributed by atoms with Gasteiger partial charge >= 0.3 is 0 Å². The summed E-state index contributed by atoms with van der Waals surface area (Å²) in [5, 5.41) is 1.20. The van der Waals surface area contributed by atoms with Crippen LogP contribution >= 0.6 is 0 Å². The molecule has 6 nitrogen and oxygen atoms in total. The van der Waals surface area contributed by atoms with Gasteiger partial charge in [0.25, 0.3) is 0 Å². The zero-order valence-corrected chi connectivity index (χ0v) is 25.7. The highest BCUT2D eigenvalue weighted by Crippen LogP contribution is 2.32. The second kappa shape index (κ2) is 17.8. The third-order valence-electron chi connectivity index (χ3n) is 7.14. The van der Waals surface area contributed by atoms with Crippen LogP contribution in [0.1, 0.15) is 46.2 Å². The van der Waals surface area contributed by atoms with Gasteiger partial charge in [-0.1, -0.05) is 67.6 Å². The van der Waals surface area contributed by atoms with Gasteiger partial charge < -0.3 is 26.3 Å². The minimum Gasteiger partial charge on any atom is -0.405 e. The van der Waals surface area contributed by atoms with E-state index in [1.807, 2.05) is 13.0 Å². The van der Waals surface area contributed by atoms with Crippen LogP contribution < -0.4 is 11.5 Å². The molecule has 4 rings (SSSR count). The second-order valence-electron chi connectivity index (χ2n) is 10.7. The first-order chi connectivity index (χ1) is 19.8. The van der Waals surface area contributed by atoms with Crippen molar-refractivity contribution in [3.63, 3.8) is 0 Å². The Morgan fingerprint density at radius 3 is 2.29 bits per heavy atom. The number of benzene rings is 2. The normalized spacial score (nSPS) is 14.9. The topological polar surface area (TPSA) is 95.8 Å².